The standard InChI is InChI=1S/C21H26Cl2N4O3/c1-19(2,3)26-17(28)20(9-5-4-6-10-20)21(18(29)30,27-13-24-12-25-27)15-8-7-14(22)11-16(15)23/h7-8,11-13H,4-6,9-10H2,1-3H3,(H,26,28)(H,29,30). The predicted octanol–water partition coefficient (Wildman–Crippen LogP) is 4.28. The summed E-state index contributed by atoms with van der Waals surface area (Å²) in [7, 11) is 0. The lowest BCUT2D eigenvalue weighted by Gasteiger charge is -2.49. The Morgan fingerprint density at radius 1 is 1.17 bits per heavy atom. The Morgan fingerprint density at radius 2 is 1.83 bits per heavy atom. The maximum atomic E-state index is 13.8. The molecule has 1 unspecified atom stereocenters. The number of rotatable bonds is 5. The largest absolute Gasteiger partial charge is 0.479 e. The second kappa shape index (κ2) is 8.19. The topological polar surface area (TPSA) is 97.1 Å². The van der Waals surface area contributed by atoms with Crippen LogP contribution in [0.5, 0.6) is 0 Å². The highest BCUT2D eigenvalue weighted by Crippen LogP contribution is 2.54. The van der Waals surface area contributed by atoms with Gasteiger partial charge in [-0.05, 0) is 45.7 Å². The first-order valence-electron chi connectivity index (χ1n) is 9.91. The second-order valence-corrected chi connectivity index (χ2v) is 9.67. The molecule has 162 valence electrons. The fourth-order valence-electron chi connectivity index (χ4n) is 4.55. The third kappa shape index (κ3) is 3.69. The van der Waals surface area contributed by atoms with Gasteiger partial charge in [0.1, 0.15) is 12.7 Å². The number of nitrogens with zero attached hydrogens (tertiary/aromatic N) is 3. The highest BCUT2D eigenvalue weighted by molar-refractivity contribution is 6.35. The monoisotopic (exact) mass is 452 g/mol. The lowest BCUT2D eigenvalue weighted by molar-refractivity contribution is -0.163. The van der Waals surface area contributed by atoms with Gasteiger partial charge in [-0.1, -0.05) is 48.5 Å². The van der Waals surface area contributed by atoms with Crippen LogP contribution in [0.4, 0.5) is 0 Å². The van der Waals surface area contributed by atoms with Crippen LogP contribution in [0.1, 0.15) is 58.4 Å². The zero-order valence-corrected chi connectivity index (χ0v) is 18.8. The lowest BCUT2D eigenvalue weighted by atomic mass is 9.58. The van der Waals surface area contributed by atoms with Crippen LogP contribution in [0, 0.1) is 5.41 Å². The molecular formula is C21H26Cl2N4O3. The van der Waals surface area contributed by atoms with E-state index in [0.717, 1.165) is 6.42 Å². The molecule has 1 aliphatic carbocycles. The fourth-order valence-corrected chi connectivity index (χ4v) is 5.10. The number of amides is 1. The van der Waals surface area contributed by atoms with E-state index in [1.165, 1.54) is 23.4 Å². The molecule has 30 heavy (non-hydrogen) atoms. The molecule has 3 rings (SSSR count). The van der Waals surface area contributed by atoms with Crippen molar-refractivity contribution in [1.82, 2.24) is 20.1 Å². The zero-order chi connectivity index (χ0) is 22.2. The van der Waals surface area contributed by atoms with Crippen LogP contribution in [0.25, 0.3) is 0 Å². The summed E-state index contributed by atoms with van der Waals surface area (Å²) in [5.74, 6) is -1.55. The van der Waals surface area contributed by atoms with Gasteiger partial charge in [-0.2, -0.15) is 5.10 Å². The number of benzene rings is 1. The zero-order valence-electron chi connectivity index (χ0n) is 17.3. The van der Waals surface area contributed by atoms with Crippen molar-refractivity contribution >= 4 is 35.1 Å². The summed E-state index contributed by atoms with van der Waals surface area (Å²) in [4.78, 5) is 31.0. The SMILES string of the molecule is CC(C)(C)NC(=O)C1(C(C(=O)O)(c2ccc(Cl)cc2Cl)n2cncn2)CCCCC1. The number of carbonyl (C=O) groups excluding carboxylic acids is 1. The first-order valence-corrected chi connectivity index (χ1v) is 10.7. The minimum absolute atomic E-state index is 0.161. The second-order valence-electron chi connectivity index (χ2n) is 8.83. The average molecular weight is 453 g/mol. The molecule has 0 radical (unpaired) electrons. The molecule has 2 aromatic rings. The highest BCUT2D eigenvalue weighted by atomic mass is 35.5. The van der Waals surface area contributed by atoms with Crippen LogP contribution in [0.15, 0.2) is 30.9 Å². The van der Waals surface area contributed by atoms with Crippen molar-refractivity contribution in [2.75, 3.05) is 0 Å². The molecule has 1 saturated carbocycles. The van der Waals surface area contributed by atoms with Gasteiger partial charge in [-0.15, -0.1) is 0 Å². The van der Waals surface area contributed by atoms with Crippen molar-refractivity contribution in [2.45, 2.75) is 64.0 Å². The number of halogens is 2. The summed E-state index contributed by atoms with van der Waals surface area (Å²) in [6.07, 6.45) is 5.70. The average Bonchev–Trinajstić information content (AvgIpc) is 3.17. The van der Waals surface area contributed by atoms with Gasteiger partial charge in [-0.25, -0.2) is 14.5 Å². The molecule has 1 atom stereocenters. The first-order chi connectivity index (χ1) is 14.0. The minimum Gasteiger partial charge on any atom is -0.479 e. The molecule has 1 aliphatic rings. The number of aromatic nitrogens is 3. The smallest absolute Gasteiger partial charge is 0.337 e. The van der Waals surface area contributed by atoms with Gasteiger partial charge >= 0.3 is 5.97 Å². The van der Waals surface area contributed by atoms with Crippen molar-refractivity contribution < 1.29 is 14.7 Å². The summed E-state index contributed by atoms with van der Waals surface area (Å²) in [5, 5.41) is 18.5. The summed E-state index contributed by atoms with van der Waals surface area (Å²) < 4.78 is 1.26. The van der Waals surface area contributed by atoms with E-state index in [1.54, 1.807) is 12.1 Å². The number of hydrogen-bond donors (Lipinski definition) is 2. The molecule has 0 saturated heterocycles. The lowest BCUT2D eigenvalue weighted by Crippen LogP contribution is -2.65. The van der Waals surface area contributed by atoms with E-state index in [4.69, 9.17) is 23.2 Å². The number of carbonyl (C=O) groups is 2. The van der Waals surface area contributed by atoms with Crippen LogP contribution in [0.3, 0.4) is 0 Å². The van der Waals surface area contributed by atoms with Crippen LogP contribution in [0.2, 0.25) is 10.0 Å². The van der Waals surface area contributed by atoms with Crippen LogP contribution in [-0.2, 0) is 15.1 Å². The van der Waals surface area contributed by atoms with E-state index in [1.807, 2.05) is 20.8 Å². The van der Waals surface area contributed by atoms with Crippen molar-refractivity contribution in [3.63, 3.8) is 0 Å². The molecule has 1 amide bonds. The maximum absolute atomic E-state index is 13.8. The highest BCUT2D eigenvalue weighted by Gasteiger charge is 2.65. The Labute approximate surface area is 185 Å². The van der Waals surface area contributed by atoms with Gasteiger partial charge in [0.25, 0.3) is 0 Å². The maximum Gasteiger partial charge on any atom is 0.337 e. The molecule has 0 aliphatic heterocycles. The molecule has 1 aromatic heterocycles. The molecule has 0 bridgehead atoms. The van der Waals surface area contributed by atoms with E-state index in [9.17, 15) is 14.7 Å². The fraction of sp³-hybridized carbons (Fsp3) is 0.524. The number of aliphatic carboxylic acids is 1. The molecular weight excluding hydrogens is 427 g/mol. The number of hydrogen-bond acceptors (Lipinski definition) is 4. The number of nitrogens with one attached hydrogen (secondary N) is 1. The first kappa shape index (κ1) is 22.6. The van der Waals surface area contributed by atoms with Crippen molar-refractivity contribution in [3.8, 4) is 0 Å². The van der Waals surface area contributed by atoms with Gasteiger partial charge in [0.05, 0.1) is 5.41 Å². The van der Waals surface area contributed by atoms with Crippen molar-refractivity contribution in [1.29, 1.82) is 0 Å². The van der Waals surface area contributed by atoms with Gasteiger partial charge in [0.15, 0.2) is 0 Å². The van der Waals surface area contributed by atoms with Gasteiger partial charge < -0.3 is 10.4 Å². The van der Waals surface area contributed by atoms with E-state index in [0.29, 0.717) is 30.7 Å². The summed E-state index contributed by atoms with van der Waals surface area (Å²) in [6, 6.07) is 4.64. The Hall–Kier alpha value is -2.12. The Morgan fingerprint density at radius 3 is 2.33 bits per heavy atom. The van der Waals surface area contributed by atoms with Crippen LogP contribution >= 0.6 is 23.2 Å². The quantitative estimate of drug-likeness (QED) is 0.705. The molecule has 7 nitrogen and oxygen atoms in total. The third-order valence-electron chi connectivity index (χ3n) is 5.72. The number of carboxylic acids is 1. The molecule has 2 N–H and O–H groups in total. The van der Waals surface area contributed by atoms with Crippen molar-refractivity contribution in [2.24, 2.45) is 5.41 Å². The molecule has 9 heteroatoms. The minimum atomic E-state index is -1.89. The Balaban J connectivity index is 2.39. The Bertz CT molecular complexity index is 934. The van der Waals surface area contributed by atoms with Crippen LogP contribution < -0.4 is 5.32 Å². The van der Waals surface area contributed by atoms with E-state index >= 15 is 0 Å². The van der Waals surface area contributed by atoms with Gasteiger partial charge in [0, 0.05) is 21.1 Å². The van der Waals surface area contributed by atoms with E-state index < -0.39 is 22.5 Å². The molecule has 1 aromatic carbocycles. The van der Waals surface area contributed by atoms with Gasteiger partial charge in [-0.3, -0.25) is 4.79 Å². The normalized spacial score (nSPS) is 18.4. The molecule has 0 spiro atoms. The van der Waals surface area contributed by atoms with Gasteiger partial charge in [0.2, 0.25) is 11.4 Å². The Kier molecular flexibility index (Phi) is 6.16. The molecule has 1 fully saturated rings. The van der Waals surface area contributed by atoms with Crippen LogP contribution in [-0.4, -0.2) is 37.3 Å². The summed E-state index contributed by atoms with van der Waals surface area (Å²) in [5.41, 5.74) is -3.49. The predicted molar refractivity (Wildman–Crippen MR) is 115 cm³/mol. The summed E-state index contributed by atoms with van der Waals surface area (Å²) in [6.45, 7) is 5.61. The number of carboxylic acid groups (broad SMARTS) is 1. The summed E-state index contributed by atoms with van der Waals surface area (Å²) >= 11 is 12.6. The van der Waals surface area contributed by atoms with E-state index in [-0.39, 0.29) is 16.5 Å². The van der Waals surface area contributed by atoms with E-state index in [2.05, 4.69) is 15.4 Å². The third-order valence-corrected chi connectivity index (χ3v) is 6.26. The van der Waals surface area contributed by atoms with Crippen molar-refractivity contribution in [3.05, 3.63) is 46.5 Å². The molecule has 1 heterocycles.